The molecule has 3 aromatic rings. The van der Waals surface area contributed by atoms with E-state index < -0.39 is 5.91 Å². The minimum atomic E-state index is -0.428. The molecule has 158 valence electrons. The number of methoxy groups -OCH3 is 2. The molecule has 3 aromatic carbocycles. The Labute approximate surface area is 184 Å². The Hall–Kier alpha value is -3.84. The minimum absolute atomic E-state index is 0.329. The van der Waals surface area contributed by atoms with Crippen molar-refractivity contribution in [3.8, 4) is 11.5 Å². The first-order valence-corrected chi connectivity index (χ1v) is 9.60. The lowest BCUT2D eigenvalue weighted by molar-refractivity contribution is 0.0953. The minimum Gasteiger partial charge on any atom is -0.497 e. The molecule has 0 aliphatic heterocycles. The summed E-state index contributed by atoms with van der Waals surface area (Å²) in [7, 11) is 3.10. The standard InChI is InChI=1S/C23H20ClN3O4/c1-30-20-10-9-17(21(13-20)31-2)14-25-27-23(29)16-6-4-8-19(12-16)26-22(28)15-5-3-7-18(24)11-15/h3-14H,1-2H3,(H,26,28)(H,27,29)/b25-14+. The molecule has 0 spiro atoms. The molecule has 0 unspecified atom stereocenters. The van der Waals surface area contributed by atoms with E-state index in [1.807, 2.05) is 0 Å². The van der Waals surface area contributed by atoms with Crippen LogP contribution in [0.3, 0.4) is 0 Å². The fraction of sp³-hybridized carbons (Fsp3) is 0.0870. The maximum Gasteiger partial charge on any atom is 0.271 e. The van der Waals surface area contributed by atoms with Gasteiger partial charge in [-0.15, -0.1) is 0 Å². The third-order valence-electron chi connectivity index (χ3n) is 4.28. The topological polar surface area (TPSA) is 89.0 Å². The van der Waals surface area contributed by atoms with Crippen LogP contribution in [-0.2, 0) is 0 Å². The van der Waals surface area contributed by atoms with Gasteiger partial charge in [-0.1, -0.05) is 23.7 Å². The number of hydrogen-bond donors (Lipinski definition) is 2. The van der Waals surface area contributed by atoms with E-state index in [0.29, 0.717) is 38.9 Å². The SMILES string of the molecule is COc1ccc(/C=N/NC(=O)c2cccc(NC(=O)c3cccc(Cl)c3)c2)c(OC)c1. The number of carbonyl (C=O) groups excluding carboxylic acids is 2. The van der Waals surface area contributed by atoms with Crippen molar-refractivity contribution in [2.75, 3.05) is 19.5 Å². The highest BCUT2D eigenvalue weighted by molar-refractivity contribution is 6.31. The average molecular weight is 438 g/mol. The highest BCUT2D eigenvalue weighted by atomic mass is 35.5. The fourth-order valence-corrected chi connectivity index (χ4v) is 2.91. The third-order valence-corrected chi connectivity index (χ3v) is 4.51. The van der Waals surface area contributed by atoms with E-state index in [-0.39, 0.29) is 5.91 Å². The summed E-state index contributed by atoms with van der Waals surface area (Å²) in [5.74, 6) is 0.449. The van der Waals surface area contributed by atoms with E-state index in [0.717, 1.165) is 0 Å². The molecular formula is C23H20ClN3O4. The number of halogens is 1. The van der Waals surface area contributed by atoms with Crippen LogP contribution in [0.5, 0.6) is 11.5 Å². The van der Waals surface area contributed by atoms with Gasteiger partial charge in [-0.05, 0) is 48.5 Å². The van der Waals surface area contributed by atoms with Crippen molar-refractivity contribution in [2.45, 2.75) is 0 Å². The molecule has 0 saturated carbocycles. The van der Waals surface area contributed by atoms with E-state index in [2.05, 4.69) is 15.8 Å². The number of nitrogens with one attached hydrogen (secondary N) is 2. The van der Waals surface area contributed by atoms with Gasteiger partial charge in [-0.2, -0.15) is 5.10 Å². The van der Waals surface area contributed by atoms with Gasteiger partial charge in [0.1, 0.15) is 11.5 Å². The van der Waals surface area contributed by atoms with Crippen molar-refractivity contribution in [1.29, 1.82) is 0 Å². The molecular weight excluding hydrogens is 418 g/mol. The summed E-state index contributed by atoms with van der Waals surface area (Å²) < 4.78 is 10.4. The van der Waals surface area contributed by atoms with Gasteiger partial charge in [-0.3, -0.25) is 9.59 Å². The predicted octanol–water partition coefficient (Wildman–Crippen LogP) is 4.37. The third kappa shape index (κ3) is 5.83. The van der Waals surface area contributed by atoms with Crippen LogP contribution < -0.4 is 20.2 Å². The number of carbonyl (C=O) groups is 2. The number of benzene rings is 3. The fourth-order valence-electron chi connectivity index (χ4n) is 2.72. The lowest BCUT2D eigenvalue weighted by atomic mass is 10.1. The summed E-state index contributed by atoms with van der Waals surface area (Å²) in [4.78, 5) is 24.8. The molecule has 0 radical (unpaired) electrons. The molecule has 31 heavy (non-hydrogen) atoms. The first-order chi connectivity index (χ1) is 15.0. The summed E-state index contributed by atoms with van der Waals surface area (Å²) in [6.45, 7) is 0. The maximum atomic E-state index is 12.4. The number of amides is 2. The van der Waals surface area contributed by atoms with Crippen molar-refractivity contribution < 1.29 is 19.1 Å². The van der Waals surface area contributed by atoms with E-state index in [1.54, 1.807) is 73.8 Å². The summed E-state index contributed by atoms with van der Waals surface area (Å²) in [6, 6.07) is 18.4. The first kappa shape index (κ1) is 21.9. The van der Waals surface area contributed by atoms with Gasteiger partial charge in [0.15, 0.2) is 0 Å². The van der Waals surface area contributed by atoms with E-state index in [9.17, 15) is 9.59 Å². The van der Waals surface area contributed by atoms with Crippen LogP contribution in [0, 0.1) is 0 Å². The Morgan fingerprint density at radius 1 is 0.903 bits per heavy atom. The molecule has 0 saturated heterocycles. The monoisotopic (exact) mass is 437 g/mol. The summed E-state index contributed by atoms with van der Waals surface area (Å²) in [5, 5.41) is 7.19. The average Bonchev–Trinajstić information content (AvgIpc) is 2.79. The van der Waals surface area contributed by atoms with Crippen molar-refractivity contribution >= 4 is 35.3 Å². The van der Waals surface area contributed by atoms with Crippen molar-refractivity contribution in [3.63, 3.8) is 0 Å². The summed E-state index contributed by atoms with van der Waals surface area (Å²) >= 11 is 5.93. The highest BCUT2D eigenvalue weighted by Crippen LogP contribution is 2.23. The molecule has 0 atom stereocenters. The van der Waals surface area contributed by atoms with Crippen molar-refractivity contribution in [3.05, 3.63) is 88.4 Å². The largest absolute Gasteiger partial charge is 0.497 e. The molecule has 0 bridgehead atoms. The van der Waals surface area contributed by atoms with Gasteiger partial charge < -0.3 is 14.8 Å². The van der Waals surface area contributed by atoms with Crippen LogP contribution in [0.4, 0.5) is 5.69 Å². The first-order valence-electron chi connectivity index (χ1n) is 9.22. The van der Waals surface area contributed by atoms with Crippen LogP contribution in [0.1, 0.15) is 26.3 Å². The zero-order valence-corrected chi connectivity index (χ0v) is 17.6. The lowest BCUT2D eigenvalue weighted by Crippen LogP contribution is -2.18. The summed E-state index contributed by atoms with van der Waals surface area (Å²) in [6.07, 6.45) is 1.47. The number of nitrogens with zero attached hydrogens (tertiary/aromatic N) is 1. The van der Waals surface area contributed by atoms with Crippen LogP contribution in [0.15, 0.2) is 71.8 Å². The Morgan fingerprint density at radius 3 is 2.35 bits per heavy atom. The number of hydrazone groups is 1. The second kappa shape index (κ2) is 10.3. The van der Waals surface area contributed by atoms with E-state index >= 15 is 0 Å². The molecule has 8 heteroatoms. The van der Waals surface area contributed by atoms with Gasteiger partial charge in [0.2, 0.25) is 0 Å². The summed E-state index contributed by atoms with van der Waals surface area (Å²) in [5.41, 5.74) is 4.36. The van der Waals surface area contributed by atoms with Gasteiger partial charge in [0.05, 0.1) is 20.4 Å². The lowest BCUT2D eigenvalue weighted by Gasteiger charge is -2.08. The molecule has 0 fully saturated rings. The number of hydrogen-bond acceptors (Lipinski definition) is 5. The van der Waals surface area contributed by atoms with Gasteiger partial charge in [0.25, 0.3) is 11.8 Å². The van der Waals surface area contributed by atoms with Crippen LogP contribution in [0.2, 0.25) is 5.02 Å². The second-order valence-corrected chi connectivity index (χ2v) is 6.79. The smallest absolute Gasteiger partial charge is 0.271 e. The van der Waals surface area contributed by atoms with E-state index in [1.165, 1.54) is 13.3 Å². The number of rotatable bonds is 7. The number of ether oxygens (including phenoxy) is 2. The predicted molar refractivity (Wildman–Crippen MR) is 120 cm³/mol. The van der Waals surface area contributed by atoms with Crippen LogP contribution in [0.25, 0.3) is 0 Å². The zero-order chi connectivity index (χ0) is 22.2. The Kier molecular flexibility index (Phi) is 7.24. The zero-order valence-electron chi connectivity index (χ0n) is 16.9. The van der Waals surface area contributed by atoms with Gasteiger partial charge in [-0.25, -0.2) is 5.43 Å². The van der Waals surface area contributed by atoms with Crippen molar-refractivity contribution in [1.82, 2.24) is 5.43 Å². The molecule has 7 nitrogen and oxygen atoms in total. The van der Waals surface area contributed by atoms with Crippen molar-refractivity contribution in [2.24, 2.45) is 5.10 Å². The van der Waals surface area contributed by atoms with Gasteiger partial charge >= 0.3 is 0 Å². The Balaban J connectivity index is 1.66. The van der Waals surface area contributed by atoms with Crippen LogP contribution in [-0.4, -0.2) is 32.2 Å². The Bertz CT molecular complexity index is 1130. The number of anilines is 1. The molecule has 2 amide bonds. The van der Waals surface area contributed by atoms with E-state index in [4.69, 9.17) is 21.1 Å². The second-order valence-electron chi connectivity index (χ2n) is 6.35. The molecule has 2 N–H and O–H groups in total. The Morgan fingerprint density at radius 2 is 1.65 bits per heavy atom. The highest BCUT2D eigenvalue weighted by Gasteiger charge is 2.10. The van der Waals surface area contributed by atoms with Crippen LogP contribution >= 0.6 is 11.6 Å². The molecule has 3 rings (SSSR count). The molecule has 0 aromatic heterocycles. The molecule has 0 heterocycles. The quantitative estimate of drug-likeness (QED) is 0.424. The normalized spacial score (nSPS) is 10.5. The molecule has 0 aliphatic rings. The maximum absolute atomic E-state index is 12.4. The van der Waals surface area contributed by atoms with Gasteiger partial charge in [0, 0.05) is 33.5 Å². The molecule has 0 aliphatic carbocycles.